The van der Waals surface area contributed by atoms with Gasteiger partial charge >= 0.3 is 5.97 Å². The summed E-state index contributed by atoms with van der Waals surface area (Å²) in [4.78, 5) is 10.8. The Morgan fingerprint density at radius 2 is 1.87 bits per heavy atom. The Kier molecular flexibility index (Phi) is 5.88. The molecule has 1 unspecified atom stereocenters. The van der Waals surface area contributed by atoms with Crippen LogP contribution in [0.5, 0.6) is 0 Å². The van der Waals surface area contributed by atoms with E-state index in [0.717, 1.165) is 6.42 Å². The minimum Gasteiger partial charge on any atom is -0.481 e. The van der Waals surface area contributed by atoms with Crippen molar-refractivity contribution in [2.24, 2.45) is 11.3 Å². The Balaban J connectivity index is 3.68. The van der Waals surface area contributed by atoms with Crippen molar-refractivity contribution >= 4 is 5.97 Å². The third-order valence-corrected chi connectivity index (χ3v) is 2.84. The summed E-state index contributed by atoms with van der Waals surface area (Å²) in [6.45, 7) is 10.4. The predicted molar refractivity (Wildman–Crippen MR) is 60.9 cm³/mol. The highest BCUT2D eigenvalue weighted by atomic mass is 16.5. The highest BCUT2D eigenvalue weighted by Gasteiger charge is 2.26. The van der Waals surface area contributed by atoms with Gasteiger partial charge in [0.15, 0.2) is 0 Å². The summed E-state index contributed by atoms with van der Waals surface area (Å²) in [7, 11) is 0. The molecule has 0 aliphatic carbocycles. The van der Waals surface area contributed by atoms with Crippen LogP contribution in [-0.4, -0.2) is 23.8 Å². The third kappa shape index (κ3) is 5.78. The molecule has 1 N–H and O–H groups in total. The fourth-order valence-corrected chi connectivity index (χ4v) is 1.08. The summed E-state index contributed by atoms with van der Waals surface area (Å²) in [5, 5.41) is 8.90. The number of ether oxygens (including phenoxy) is 1. The maximum absolute atomic E-state index is 10.8. The Bertz CT molecular complexity index is 197. The second-order valence-electron chi connectivity index (χ2n) is 5.11. The van der Waals surface area contributed by atoms with E-state index in [1.807, 2.05) is 6.92 Å². The van der Waals surface area contributed by atoms with Crippen molar-refractivity contribution in [1.29, 1.82) is 0 Å². The molecule has 3 heteroatoms. The zero-order chi connectivity index (χ0) is 12.1. The Hall–Kier alpha value is -0.570. The smallest absolute Gasteiger partial charge is 0.309 e. The first-order valence-corrected chi connectivity index (χ1v) is 5.62. The highest BCUT2D eigenvalue weighted by Crippen LogP contribution is 2.22. The molecule has 0 radical (unpaired) electrons. The van der Waals surface area contributed by atoms with Crippen LogP contribution in [0.4, 0.5) is 0 Å². The highest BCUT2D eigenvalue weighted by molar-refractivity contribution is 5.73. The maximum atomic E-state index is 10.8. The number of hydrogen-bond acceptors (Lipinski definition) is 2. The van der Waals surface area contributed by atoms with Gasteiger partial charge < -0.3 is 9.84 Å². The van der Waals surface area contributed by atoms with Crippen LogP contribution in [0.15, 0.2) is 0 Å². The molecule has 0 rings (SSSR count). The van der Waals surface area contributed by atoms with Crippen LogP contribution < -0.4 is 0 Å². The van der Waals surface area contributed by atoms with Crippen LogP contribution in [0.1, 0.15) is 47.5 Å². The normalized spacial score (nSPS) is 14.3. The van der Waals surface area contributed by atoms with Gasteiger partial charge in [0.05, 0.1) is 11.5 Å². The molecule has 0 amide bonds. The Labute approximate surface area is 92.8 Å². The van der Waals surface area contributed by atoms with Gasteiger partial charge in [0, 0.05) is 6.61 Å². The largest absolute Gasteiger partial charge is 0.481 e. The molecular formula is C12H24O3. The molecule has 0 heterocycles. The molecule has 0 spiro atoms. The zero-order valence-corrected chi connectivity index (χ0v) is 10.5. The predicted octanol–water partition coefficient (Wildman–Crippen LogP) is 2.94. The summed E-state index contributed by atoms with van der Waals surface area (Å²) >= 11 is 0. The molecule has 0 saturated heterocycles. The van der Waals surface area contributed by atoms with Crippen molar-refractivity contribution in [3.05, 3.63) is 0 Å². The van der Waals surface area contributed by atoms with Crippen molar-refractivity contribution in [2.45, 2.75) is 53.6 Å². The van der Waals surface area contributed by atoms with Gasteiger partial charge in [0.2, 0.25) is 0 Å². The molecule has 0 aromatic carbocycles. The molecule has 0 aromatic rings. The summed E-state index contributed by atoms with van der Waals surface area (Å²) in [5.41, 5.74) is -0.634. The first kappa shape index (κ1) is 14.4. The van der Waals surface area contributed by atoms with Crippen molar-refractivity contribution < 1.29 is 14.6 Å². The number of rotatable bonds is 7. The first-order chi connectivity index (χ1) is 6.77. The quantitative estimate of drug-likeness (QED) is 0.665. The van der Waals surface area contributed by atoms with Crippen molar-refractivity contribution in [3.8, 4) is 0 Å². The van der Waals surface area contributed by atoms with Crippen molar-refractivity contribution in [2.75, 3.05) is 6.61 Å². The fourth-order valence-electron chi connectivity index (χ4n) is 1.08. The van der Waals surface area contributed by atoms with E-state index in [1.165, 1.54) is 0 Å². The second kappa shape index (κ2) is 6.11. The molecule has 0 saturated carbocycles. The van der Waals surface area contributed by atoms with Gasteiger partial charge in [-0.15, -0.1) is 0 Å². The maximum Gasteiger partial charge on any atom is 0.309 e. The SMILES string of the molecule is CC(C)C(C)OCCCC(C)(C)C(=O)O. The summed E-state index contributed by atoms with van der Waals surface area (Å²) in [6.07, 6.45) is 1.71. The molecule has 15 heavy (non-hydrogen) atoms. The number of carbonyl (C=O) groups is 1. The lowest BCUT2D eigenvalue weighted by molar-refractivity contribution is -0.147. The van der Waals surface area contributed by atoms with E-state index in [9.17, 15) is 4.79 Å². The lowest BCUT2D eigenvalue weighted by Gasteiger charge is -2.20. The molecular weight excluding hydrogens is 192 g/mol. The van der Waals surface area contributed by atoms with E-state index in [0.29, 0.717) is 18.9 Å². The summed E-state index contributed by atoms with van der Waals surface area (Å²) in [6, 6.07) is 0. The molecule has 3 nitrogen and oxygen atoms in total. The second-order valence-corrected chi connectivity index (χ2v) is 5.11. The zero-order valence-electron chi connectivity index (χ0n) is 10.5. The van der Waals surface area contributed by atoms with Crippen molar-refractivity contribution in [1.82, 2.24) is 0 Å². The van der Waals surface area contributed by atoms with Gasteiger partial charge in [0.1, 0.15) is 0 Å². The van der Waals surface area contributed by atoms with Gasteiger partial charge in [-0.1, -0.05) is 13.8 Å². The molecule has 0 aromatic heterocycles. The number of aliphatic carboxylic acids is 1. The average molecular weight is 216 g/mol. The van der Waals surface area contributed by atoms with Gasteiger partial charge in [0.25, 0.3) is 0 Å². The fraction of sp³-hybridized carbons (Fsp3) is 0.917. The monoisotopic (exact) mass is 216 g/mol. The minimum absolute atomic E-state index is 0.248. The summed E-state index contributed by atoms with van der Waals surface area (Å²) in [5.74, 6) is -0.225. The van der Waals surface area contributed by atoms with Gasteiger partial charge in [-0.3, -0.25) is 4.79 Å². The van der Waals surface area contributed by atoms with Gasteiger partial charge in [-0.2, -0.15) is 0 Å². The Morgan fingerprint density at radius 1 is 1.33 bits per heavy atom. The van der Waals surface area contributed by atoms with E-state index >= 15 is 0 Å². The van der Waals surface area contributed by atoms with Crippen LogP contribution in [0, 0.1) is 11.3 Å². The molecule has 0 fully saturated rings. The summed E-state index contributed by atoms with van der Waals surface area (Å²) < 4.78 is 5.59. The average Bonchev–Trinajstić information content (AvgIpc) is 2.11. The minimum atomic E-state index is -0.737. The van der Waals surface area contributed by atoms with Crippen molar-refractivity contribution in [3.63, 3.8) is 0 Å². The van der Waals surface area contributed by atoms with E-state index in [4.69, 9.17) is 9.84 Å². The van der Waals surface area contributed by atoms with Crippen LogP contribution in [0.25, 0.3) is 0 Å². The molecule has 0 aliphatic heterocycles. The first-order valence-electron chi connectivity index (χ1n) is 5.62. The number of carboxylic acids is 1. The number of carboxylic acid groups (broad SMARTS) is 1. The van der Waals surface area contributed by atoms with E-state index in [1.54, 1.807) is 13.8 Å². The lowest BCUT2D eigenvalue weighted by Crippen LogP contribution is -2.24. The van der Waals surface area contributed by atoms with Gasteiger partial charge in [-0.05, 0) is 39.5 Å². The van der Waals surface area contributed by atoms with Crippen LogP contribution in [0.2, 0.25) is 0 Å². The lowest BCUT2D eigenvalue weighted by atomic mass is 9.88. The standard InChI is InChI=1S/C12H24O3/c1-9(2)10(3)15-8-6-7-12(4,5)11(13)14/h9-10H,6-8H2,1-5H3,(H,13,14). The molecule has 1 atom stereocenters. The molecule has 0 bridgehead atoms. The number of hydrogen-bond donors (Lipinski definition) is 1. The Morgan fingerprint density at radius 3 is 2.27 bits per heavy atom. The van der Waals surface area contributed by atoms with Crippen LogP contribution >= 0.6 is 0 Å². The van der Waals surface area contributed by atoms with E-state index in [-0.39, 0.29) is 6.10 Å². The van der Waals surface area contributed by atoms with Gasteiger partial charge in [-0.25, -0.2) is 0 Å². The molecule has 0 aliphatic rings. The van der Waals surface area contributed by atoms with E-state index < -0.39 is 11.4 Å². The van der Waals surface area contributed by atoms with Crippen LogP contribution in [-0.2, 0) is 9.53 Å². The van der Waals surface area contributed by atoms with Crippen LogP contribution in [0.3, 0.4) is 0 Å². The molecule has 90 valence electrons. The third-order valence-electron chi connectivity index (χ3n) is 2.84. The topological polar surface area (TPSA) is 46.5 Å². The van der Waals surface area contributed by atoms with E-state index in [2.05, 4.69) is 13.8 Å².